The fourth-order valence-corrected chi connectivity index (χ4v) is 21.1. The van der Waals surface area contributed by atoms with E-state index in [4.69, 9.17) is 11.3 Å². The number of hydrogen-bond donors (Lipinski definition) is 4. The third-order valence-corrected chi connectivity index (χ3v) is 32.1. The first-order valence-corrected chi connectivity index (χ1v) is 63.1. The van der Waals surface area contributed by atoms with Gasteiger partial charge in [-0.05, 0) is 87.1 Å². The fraction of sp³-hybridized carbons (Fsp3) is 0.430. The zero-order valence-electron chi connectivity index (χ0n) is 96.3. The molecule has 0 saturated carbocycles. The van der Waals surface area contributed by atoms with Gasteiger partial charge in [-0.3, -0.25) is 39.1 Å². The summed E-state index contributed by atoms with van der Waals surface area (Å²) in [5, 5.41) is 48.2. The first-order valence-electron chi connectivity index (χ1n) is 49.1. The smallest absolute Gasteiger partial charge is 0.189 e. The van der Waals surface area contributed by atoms with Gasteiger partial charge in [0.05, 0.1) is 35.7 Å². The van der Waals surface area contributed by atoms with Gasteiger partial charge in [-0.25, -0.2) is 24.8 Å². The Labute approximate surface area is 944 Å². The van der Waals surface area contributed by atoms with Gasteiger partial charge >= 0.3 is 0 Å². The molecule has 19 nitrogen and oxygen atoms in total. The van der Waals surface area contributed by atoms with Crippen LogP contribution in [0, 0.1) is 109 Å². The van der Waals surface area contributed by atoms with Crippen LogP contribution in [0.2, 0.25) is 78.6 Å². The van der Waals surface area contributed by atoms with E-state index in [1.54, 1.807) is 38.5 Å². The van der Waals surface area contributed by atoms with Gasteiger partial charge in [0.2, 0.25) is 0 Å². The Morgan fingerprint density at radius 1 is 0.324 bits per heavy atom. The number of methoxy groups -OCH3 is 1. The number of aryl methyl sites for hydroxylation is 5. The van der Waals surface area contributed by atoms with Gasteiger partial charge in [0, 0.05) is 206 Å². The number of rotatable bonds is 14. The largest absolute Gasteiger partial charge is 0.512 e. The standard InChI is InChI=1S/C20H24N3Si.C19H18N3Si.C19H21N2OSi.C19H21N2Si.4C11H20O2.4Ir/c1-14-11-15(7-10-19(14)24(4,5)6)20-17-9-8-16(23(2)3)12-18(17)21-13-22-20;1-13-10-14(6-9-18(13)23(3,4)5)19-16-8-7-15(20-2)11-17(16)21-12-22-19;1-13-10-14(6-9-18(13)23(3,4)5)19-16-8-7-15(22-2)11-17(16)20-12-21-19;1-13-6-8-16-17(10-13)20-12-21-19(16)15-7-9-18(14(2)11-15)22(3,4)5;4*1-10(2,3)8(12)7-9(13)11(4,5)6;;;;/h8-13H,1-6H3;7-12H,1,3-5H3;7-12H,1-5H3;6,8-12H,1-5H3;4*7,12H,1-6H3;;;;/q4*-1;;;;;;;;. The topological polar surface area (TPSA) is 269 Å². The average molecular weight is 2780 g/mol. The quantitative estimate of drug-likeness (QED) is 0.0341. The van der Waals surface area contributed by atoms with Crippen molar-refractivity contribution >= 4 is 131 Å². The van der Waals surface area contributed by atoms with Crippen molar-refractivity contribution in [3.63, 3.8) is 0 Å². The Kier molecular flexibility index (Phi) is 50.9. The number of benzene rings is 8. The molecular formula is C121H164Ir4N10O9Si4-4. The molecule has 4 heterocycles. The summed E-state index contributed by atoms with van der Waals surface area (Å²) in [4.78, 5) is 87.0. The summed E-state index contributed by atoms with van der Waals surface area (Å²) in [6.07, 6.45) is 11.8. The average Bonchev–Trinajstić information content (AvgIpc) is 0.789. The molecule has 4 radical (unpaired) electrons. The van der Waals surface area contributed by atoms with Gasteiger partial charge < -0.3 is 30.1 Å². The van der Waals surface area contributed by atoms with Crippen molar-refractivity contribution in [2.45, 2.75) is 279 Å². The summed E-state index contributed by atoms with van der Waals surface area (Å²) in [5.41, 5.74) is 16.6. The minimum absolute atomic E-state index is 0. The Bertz CT molecular complexity index is 6550. The number of aliphatic hydroxyl groups excluding tert-OH is 4. The van der Waals surface area contributed by atoms with Crippen molar-refractivity contribution in [2.75, 3.05) is 26.1 Å². The van der Waals surface area contributed by atoms with E-state index < -0.39 is 54.0 Å². The molecule has 0 fully saturated rings. The maximum absolute atomic E-state index is 11.5. The predicted molar refractivity (Wildman–Crippen MR) is 617 cm³/mol. The molecule has 8 aromatic carbocycles. The van der Waals surface area contributed by atoms with Gasteiger partial charge in [0.25, 0.3) is 0 Å². The fourth-order valence-electron chi connectivity index (χ4n) is 14.0. The van der Waals surface area contributed by atoms with Crippen molar-refractivity contribution in [1.29, 1.82) is 0 Å². The number of hydrogen-bond acceptors (Lipinski definition) is 18. The molecule has 0 aliphatic heterocycles. The van der Waals surface area contributed by atoms with E-state index in [9.17, 15) is 39.6 Å². The van der Waals surface area contributed by atoms with Gasteiger partial charge in [-0.2, -0.15) is 0 Å². The predicted octanol–water partition coefficient (Wildman–Crippen LogP) is 29.1. The Morgan fingerprint density at radius 3 is 0.777 bits per heavy atom. The maximum atomic E-state index is 11.5. The minimum atomic E-state index is -1.37. The van der Waals surface area contributed by atoms with Crippen molar-refractivity contribution in [3.8, 4) is 50.8 Å². The second-order valence-electron chi connectivity index (χ2n) is 49.6. The molecule has 0 aliphatic carbocycles. The van der Waals surface area contributed by atoms with Crippen LogP contribution in [0.1, 0.15) is 194 Å². The van der Waals surface area contributed by atoms with E-state index >= 15 is 0 Å². The zero-order chi connectivity index (χ0) is 110. The number of aliphatic hydroxyl groups is 4. The van der Waals surface area contributed by atoms with Crippen LogP contribution in [0.25, 0.3) is 93.5 Å². The van der Waals surface area contributed by atoms with Crippen LogP contribution in [-0.4, -0.2) is 137 Å². The summed E-state index contributed by atoms with van der Waals surface area (Å²) in [5.74, 6) is 1.22. The van der Waals surface area contributed by atoms with Crippen LogP contribution in [0.15, 0.2) is 194 Å². The van der Waals surface area contributed by atoms with E-state index in [2.05, 4.69) is 272 Å². The van der Waals surface area contributed by atoms with E-state index in [0.29, 0.717) is 5.69 Å². The Balaban J connectivity index is 0.000000855. The number of fused-ring (bicyclic) bond motifs is 4. The van der Waals surface area contributed by atoms with Crippen molar-refractivity contribution in [3.05, 3.63) is 257 Å². The maximum Gasteiger partial charge on any atom is 0.189 e. The van der Waals surface area contributed by atoms with Crippen LogP contribution in [0.5, 0.6) is 5.75 Å². The molecule has 148 heavy (non-hydrogen) atoms. The molecule has 4 aromatic heterocycles. The molecule has 0 bridgehead atoms. The summed E-state index contributed by atoms with van der Waals surface area (Å²) in [6, 6.07) is 55.2. The van der Waals surface area contributed by atoms with E-state index in [-0.39, 0.29) is 148 Å². The van der Waals surface area contributed by atoms with Gasteiger partial charge in [0.1, 0.15) is 54.1 Å². The second-order valence-corrected chi connectivity index (χ2v) is 69.7. The molecule has 0 spiro atoms. The van der Waals surface area contributed by atoms with Gasteiger partial charge in [-0.1, -0.05) is 309 Å². The summed E-state index contributed by atoms with van der Waals surface area (Å²) >= 11 is 0. The molecule has 12 rings (SSSR count). The third-order valence-electron chi connectivity index (χ3n) is 23.5. The zero-order valence-corrected chi connectivity index (χ0v) is 110. The Morgan fingerprint density at radius 2 is 0.554 bits per heavy atom. The summed E-state index contributed by atoms with van der Waals surface area (Å²) in [6.45, 7) is 90.7. The monoisotopic (exact) mass is 2790 g/mol. The molecule has 0 atom stereocenters. The number of ketones is 4. The number of aromatic nitrogens is 8. The van der Waals surface area contributed by atoms with E-state index in [0.717, 1.165) is 100 Å². The number of nitrogens with zero attached hydrogens (tertiary/aromatic N) is 10. The molecular weight excluding hydrogens is 2620 g/mol. The molecule has 12 aromatic rings. The molecule has 808 valence electrons. The van der Waals surface area contributed by atoms with Crippen molar-refractivity contribution in [2.24, 2.45) is 43.3 Å². The molecule has 0 amide bonds. The summed E-state index contributed by atoms with van der Waals surface area (Å²) in [7, 11) is 0.351. The van der Waals surface area contributed by atoms with E-state index in [1.807, 2.05) is 211 Å². The second kappa shape index (κ2) is 55.2. The summed E-state index contributed by atoms with van der Waals surface area (Å²) < 4.78 is 5.28. The van der Waals surface area contributed by atoms with Crippen molar-refractivity contribution in [1.82, 2.24) is 39.9 Å². The van der Waals surface area contributed by atoms with Crippen LogP contribution < -0.4 is 30.4 Å². The van der Waals surface area contributed by atoms with Gasteiger partial charge in [-0.15, -0.1) is 138 Å². The Hall–Kier alpha value is -9.49. The first kappa shape index (κ1) is 137. The third kappa shape index (κ3) is 41.3. The van der Waals surface area contributed by atoms with E-state index in [1.165, 1.54) is 72.9 Å². The number of anilines is 1. The number of allylic oxidation sites excluding steroid dienone is 8. The van der Waals surface area contributed by atoms with Gasteiger partial charge in [0.15, 0.2) is 28.8 Å². The van der Waals surface area contributed by atoms with Crippen LogP contribution >= 0.6 is 0 Å². The molecule has 4 N–H and O–H groups in total. The molecule has 0 aliphatic rings. The van der Waals surface area contributed by atoms with Crippen LogP contribution in [0.4, 0.5) is 11.4 Å². The van der Waals surface area contributed by atoms with Crippen LogP contribution in [-0.2, 0) is 99.6 Å². The number of carbonyl (C=O) groups excluding carboxylic acids is 4. The molecule has 0 saturated heterocycles. The SMILES string of the molecule is CC(C)(C)C(=O)C=C(O)C(C)(C)C.CC(C)(C)C(=O)C=C(O)C(C)(C)C.CC(C)(C)C(=O)C=C(O)C(C)(C)C.CC(C)(C)C(=O)C=C(O)C(C)(C)C.COc1ccc2c(-c3[c-]cc([Si](C)(C)C)c(C)c3)ncnc2c1.Cc1cc(-c2ncnc3cc(N(C)C)ccc23)[c-]cc1[Si](C)(C)C.Cc1ccc2c(-c3[c-]cc([Si](C)(C)C)c(C)c3)ncnc2c1.[C-]#[N+]c1ccc2c(-c3[c-]cc([Si](C)(C)C)c(C)c3)ncnc2c1.[Ir].[Ir].[Ir].[Ir]. The van der Waals surface area contributed by atoms with Crippen LogP contribution in [0.3, 0.4) is 0 Å². The number of carbonyl (C=O) groups is 4. The minimum Gasteiger partial charge on any atom is -0.512 e. The number of ether oxygens (including phenoxy) is 1. The van der Waals surface area contributed by atoms with Crippen molar-refractivity contribution < 1.29 is 125 Å². The first-order chi connectivity index (χ1) is 65.6. The normalized spacial score (nSPS) is 12.3. The molecule has 0 unspecified atom stereocenters. The molecule has 27 heteroatoms.